The van der Waals surface area contributed by atoms with E-state index in [0.29, 0.717) is 10.7 Å². The van der Waals surface area contributed by atoms with Crippen molar-refractivity contribution in [1.82, 2.24) is 10.2 Å². The van der Waals surface area contributed by atoms with Crippen LogP contribution in [0.2, 0.25) is 5.02 Å². The number of rotatable bonds is 10. The molecule has 2 aromatic carbocycles. The number of sulfonamides is 1. The van der Waals surface area contributed by atoms with Gasteiger partial charge in [0.15, 0.2) is 0 Å². The van der Waals surface area contributed by atoms with Crippen LogP contribution in [-0.2, 0) is 31.6 Å². The highest BCUT2D eigenvalue weighted by Crippen LogP contribution is 2.60. The zero-order valence-electron chi connectivity index (χ0n) is 25.3. The van der Waals surface area contributed by atoms with Gasteiger partial charge < -0.3 is 10.2 Å². The van der Waals surface area contributed by atoms with Crippen LogP contribution in [0.25, 0.3) is 0 Å². The van der Waals surface area contributed by atoms with Crippen LogP contribution in [-0.4, -0.2) is 50.0 Å². The molecule has 232 valence electrons. The van der Waals surface area contributed by atoms with E-state index in [1.54, 1.807) is 19.1 Å². The number of nitrogens with one attached hydrogen (secondary N) is 1. The van der Waals surface area contributed by atoms with E-state index < -0.39 is 22.0 Å². The Morgan fingerprint density at radius 1 is 0.930 bits per heavy atom. The molecule has 4 bridgehead atoms. The van der Waals surface area contributed by atoms with Gasteiger partial charge in [0.2, 0.25) is 21.8 Å². The molecule has 0 saturated heterocycles. The van der Waals surface area contributed by atoms with Crippen LogP contribution >= 0.6 is 11.6 Å². The molecule has 43 heavy (non-hydrogen) atoms. The second-order valence-electron chi connectivity index (χ2n) is 13.8. The minimum Gasteiger partial charge on any atom is -0.352 e. The molecule has 0 radical (unpaired) electrons. The quantitative estimate of drug-likeness (QED) is 0.348. The molecular formula is C34H44ClN3O4S. The molecule has 0 spiro atoms. The van der Waals surface area contributed by atoms with Crippen molar-refractivity contribution in [3.05, 3.63) is 64.7 Å². The zero-order valence-corrected chi connectivity index (χ0v) is 26.9. The third-order valence-corrected chi connectivity index (χ3v) is 12.0. The predicted octanol–water partition coefficient (Wildman–Crippen LogP) is 6.05. The SMILES string of the molecule is C[C@@H](C(=O)NC1CCCC1)N(Cc1ccc(Cl)cc1)C(=O)CN(c1ccc(C23CC4CC(CC(C4)C2)C3)cc1)S(C)(=O)=O. The smallest absolute Gasteiger partial charge is 0.244 e. The average Bonchev–Trinajstić information content (AvgIpc) is 3.47. The van der Waals surface area contributed by atoms with Crippen molar-refractivity contribution in [3.63, 3.8) is 0 Å². The highest BCUT2D eigenvalue weighted by Gasteiger charge is 2.51. The number of carbonyl (C=O) groups is 2. The molecule has 7 nitrogen and oxygen atoms in total. The summed E-state index contributed by atoms with van der Waals surface area (Å²) in [6.07, 6.45) is 13.0. The highest BCUT2D eigenvalue weighted by atomic mass is 35.5. The maximum absolute atomic E-state index is 13.9. The first-order valence-electron chi connectivity index (χ1n) is 15.9. The van der Waals surface area contributed by atoms with Crippen molar-refractivity contribution in [3.8, 4) is 0 Å². The molecule has 0 unspecified atom stereocenters. The van der Waals surface area contributed by atoms with Gasteiger partial charge in [-0.25, -0.2) is 8.42 Å². The lowest BCUT2D eigenvalue weighted by Gasteiger charge is -2.57. The first kappa shape index (κ1) is 30.4. The van der Waals surface area contributed by atoms with Gasteiger partial charge in [-0.2, -0.15) is 0 Å². The Hall–Kier alpha value is -2.58. The van der Waals surface area contributed by atoms with E-state index in [9.17, 15) is 18.0 Å². The Morgan fingerprint density at radius 3 is 2.02 bits per heavy atom. The number of carbonyl (C=O) groups excluding carboxylic acids is 2. The van der Waals surface area contributed by atoms with Gasteiger partial charge in [-0.3, -0.25) is 13.9 Å². The average molecular weight is 626 g/mol. The van der Waals surface area contributed by atoms with Crippen LogP contribution in [0.15, 0.2) is 48.5 Å². The first-order valence-corrected chi connectivity index (χ1v) is 18.1. The van der Waals surface area contributed by atoms with Gasteiger partial charge in [-0.15, -0.1) is 0 Å². The highest BCUT2D eigenvalue weighted by molar-refractivity contribution is 7.92. The van der Waals surface area contributed by atoms with E-state index in [-0.39, 0.29) is 30.5 Å². The molecule has 9 heteroatoms. The van der Waals surface area contributed by atoms with Gasteiger partial charge in [0.1, 0.15) is 12.6 Å². The van der Waals surface area contributed by atoms with Gasteiger partial charge in [-0.1, -0.05) is 48.7 Å². The van der Waals surface area contributed by atoms with Gasteiger partial charge in [0, 0.05) is 17.6 Å². The van der Waals surface area contributed by atoms with Gasteiger partial charge in [0.05, 0.1) is 11.9 Å². The van der Waals surface area contributed by atoms with Crippen LogP contribution in [0.5, 0.6) is 0 Å². The van der Waals surface area contributed by atoms with Crippen molar-refractivity contribution in [2.24, 2.45) is 17.8 Å². The van der Waals surface area contributed by atoms with Crippen molar-refractivity contribution in [2.75, 3.05) is 17.1 Å². The Bertz CT molecular complexity index is 1400. The van der Waals surface area contributed by atoms with Crippen molar-refractivity contribution in [1.29, 1.82) is 0 Å². The molecule has 2 aromatic rings. The van der Waals surface area contributed by atoms with E-state index >= 15 is 0 Å². The molecule has 7 rings (SSSR count). The van der Waals surface area contributed by atoms with Crippen molar-refractivity contribution >= 4 is 39.1 Å². The number of benzene rings is 2. The van der Waals surface area contributed by atoms with Crippen LogP contribution in [0.4, 0.5) is 5.69 Å². The first-order chi connectivity index (χ1) is 20.5. The number of hydrogen-bond donors (Lipinski definition) is 1. The molecule has 2 amide bonds. The summed E-state index contributed by atoms with van der Waals surface area (Å²) in [6, 6.07) is 14.4. The summed E-state index contributed by atoms with van der Waals surface area (Å²) in [6.45, 7) is 1.49. The van der Waals surface area contributed by atoms with Crippen LogP contribution in [0.1, 0.15) is 82.3 Å². The molecule has 0 aromatic heterocycles. The van der Waals surface area contributed by atoms with Crippen molar-refractivity contribution < 1.29 is 18.0 Å². The second-order valence-corrected chi connectivity index (χ2v) is 16.2. The fourth-order valence-electron chi connectivity index (χ4n) is 8.82. The summed E-state index contributed by atoms with van der Waals surface area (Å²) < 4.78 is 27.4. The van der Waals surface area contributed by atoms with Crippen LogP contribution < -0.4 is 9.62 Å². The summed E-state index contributed by atoms with van der Waals surface area (Å²) >= 11 is 6.09. The van der Waals surface area contributed by atoms with Gasteiger partial charge in [-0.05, 0) is 117 Å². The summed E-state index contributed by atoms with van der Waals surface area (Å²) in [7, 11) is -3.78. The summed E-state index contributed by atoms with van der Waals surface area (Å²) in [5.41, 5.74) is 2.79. The molecular weight excluding hydrogens is 582 g/mol. The molecule has 0 aliphatic heterocycles. The molecule has 5 fully saturated rings. The lowest BCUT2D eigenvalue weighted by atomic mass is 9.48. The Labute approximate surface area is 261 Å². The van der Waals surface area contributed by atoms with E-state index in [1.807, 2.05) is 24.3 Å². The maximum atomic E-state index is 13.9. The molecule has 5 aliphatic rings. The third-order valence-electron chi connectivity index (χ3n) is 10.6. The third kappa shape index (κ3) is 6.60. The van der Waals surface area contributed by atoms with E-state index in [1.165, 1.54) is 53.3 Å². The number of nitrogens with zero attached hydrogens (tertiary/aromatic N) is 2. The van der Waals surface area contributed by atoms with E-state index in [2.05, 4.69) is 17.4 Å². The standard InChI is InChI=1S/C34H44ClN3O4S/c1-23(33(40)36-30-5-3-4-6-30)37(21-24-7-11-29(35)12-8-24)32(39)22-38(43(2,41)42)31-13-9-28(10-14-31)34-18-25-15-26(19-34)17-27(16-25)20-34/h7-14,23,25-27,30H,3-6,15-22H2,1-2H3,(H,36,40)/t23-,25?,26?,27?,34?/m0/s1. The molecule has 1 atom stereocenters. The fraction of sp³-hybridized carbons (Fsp3) is 0.588. The lowest BCUT2D eigenvalue weighted by molar-refractivity contribution is -0.139. The zero-order chi connectivity index (χ0) is 30.4. The number of hydrogen-bond acceptors (Lipinski definition) is 4. The van der Waals surface area contributed by atoms with Gasteiger partial charge >= 0.3 is 0 Å². The fourth-order valence-corrected chi connectivity index (χ4v) is 9.80. The van der Waals surface area contributed by atoms with E-state index in [0.717, 1.165) is 55.3 Å². The summed E-state index contributed by atoms with van der Waals surface area (Å²) in [4.78, 5) is 28.7. The minimum absolute atomic E-state index is 0.113. The minimum atomic E-state index is -3.78. The normalized spacial score (nSPS) is 27.2. The molecule has 1 N–H and O–H groups in total. The Balaban J connectivity index is 1.22. The largest absolute Gasteiger partial charge is 0.352 e. The van der Waals surface area contributed by atoms with Crippen molar-refractivity contribution in [2.45, 2.75) is 95.2 Å². The van der Waals surface area contributed by atoms with Crippen LogP contribution in [0.3, 0.4) is 0 Å². The molecule has 5 saturated carbocycles. The molecule has 0 heterocycles. The predicted molar refractivity (Wildman–Crippen MR) is 170 cm³/mol. The molecule has 5 aliphatic carbocycles. The summed E-state index contributed by atoms with van der Waals surface area (Å²) in [5, 5.41) is 3.68. The van der Waals surface area contributed by atoms with Gasteiger partial charge in [0.25, 0.3) is 0 Å². The Kier molecular flexibility index (Phi) is 8.55. The maximum Gasteiger partial charge on any atom is 0.244 e. The monoisotopic (exact) mass is 625 g/mol. The summed E-state index contributed by atoms with van der Waals surface area (Å²) in [5.74, 6) is 1.79. The topological polar surface area (TPSA) is 86.8 Å². The van der Waals surface area contributed by atoms with E-state index in [4.69, 9.17) is 11.6 Å². The lowest BCUT2D eigenvalue weighted by Crippen LogP contribution is -2.52. The number of halogens is 1. The van der Waals surface area contributed by atoms with Crippen LogP contribution in [0, 0.1) is 17.8 Å². The number of anilines is 1. The number of amides is 2. The Morgan fingerprint density at radius 2 is 1.49 bits per heavy atom. The second kappa shape index (κ2) is 12.1.